The van der Waals surface area contributed by atoms with E-state index in [0.717, 1.165) is 25.7 Å². The van der Waals surface area contributed by atoms with Crippen LogP contribution in [0.2, 0.25) is 0 Å². The minimum atomic E-state index is -0.574. The molecule has 0 atom stereocenters. The smallest absolute Gasteiger partial charge is 0.242 e. The topological polar surface area (TPSA) is 55.6 Å². The number of ether oxygens (including phenoxy) is 1. The zero-order chi connectivity index (χ0) is 10.7. The first-order chi connectivity index (χ1) is 7.22. The molecule has 1 aliphatic heterocycles. The van der Waals surface area contributed by atoms with Gasteiger partial charge < -0.3 is 15.4 Å². The third-order valence-corrected chi connectivity index (χ3v) is 3.47. The Balaban J connectivity index is 0.00000128. The SMILES string of the molecule is Cl.NC1(C(=O)N2CCOCC2)CCCCC1. The molecule has 1 saturated carbocycles. The van der Waals surface area contributed by atoms with E-state index in [1.807, 2.05) is 4.90 Å². The summed E-state index contributed by atoms with van der Waals surface area (Å²) in [5.41, 5.74) is 5.63. The molecule has 16 heavy (non-hydrogen) atoms. The second kappa shape index (κ2) is 5.84. The highest BCUT2D eigenvalue weighted by molar-refractivity contribution is 5.86. The third-order valence-electron chi connectivity index (χ3n) is 3.47. The Morgan fingerprint density at radius 3 is 2.25 bits per heavy atom. The van der Waals surface area contributed by atoms with Crippen LogP contribution >= 0.6 is 12.4 Å². The van der Waals surface area contributed by atoms with Gasteiger partial charge in [-0.25, -0.2) is 0 Å². The molecule has 0 aromatic rings. The summed E-state index contributed by atoms with van der Waals surface area (Å²) < 4.78 is 5.24. The number of carbonyl (C=O) groups excluding carboxylic acids is 1. The molecule has 4 nitrogen and oxygen atoms in total. The minimum absolute atomic E-state index is 0. The molecular weight excluding hydrogens is 228 g/mol. The largest absolute Gasteiger partial charge is 0.378 e. The van der Waals surface area contributed by atoms with Crippen LogP contribution in [0.1, 0.15) is 32.1 Å². The van der Waals surface area contributed by atoms with Gasteiger partial charge in [-0.2, -0.15) is 0 Å². The molecule has 0 aromatic heterocycles. The van der Waals surface area contributed by atoms with Crippen LogP contribution in [0.3, 0.4) is 0 Å². The first-order valence-electron chi connectivity index (χ1n) is 5.88. The van der Waals surface area contributed by atoms with E-state index >= 15 is 0 Å². The summed E-state index contributed by atoms with van der Waals surface area (Å²) in [6.45, 7) is 2.72. The van der Waals surface area contributed by atoms with Crippen molar-refractivity contribution in [2.24, 2.45) is 5.73 Å². The molecule has 2 rings (SSSR count). The van der Waals surface area contributed by atoms with Crippen LogP contribution in [0.15, 0.2) is 0 Å². The standard InChI is InChI=1S/C11H20N2O2.ClH/c12-11(4-2-1-3-5-11)10(14)13-6-8-15-9-7-13;/h1-9,12H2;1H. The van der Waals surface area contributed by atoms with Crippen LogP contribution in [-0.4, -0.2) is 42.6 Å². The highest BCUT2D eigenvalue weighted by Crippen LogP contribution is 2.27. The monoisotopic (exact) mass is 248 g/mol. The van der Waals surface area contributed by atoms with Gasteiger partial charge in [0.25, 0.3) is 0 Å². The van der Waals surface area contributed by atoms with Gasteiger partial charge in [-0.3, -0.25) is 4.79 Å². The van der Waals surface area contributed by atoms with Crippen molar-refractivity contribution in [2.75, 3.05) is 26.3 Å². The summed E-state index contributed by atoms with van der Waals surface area (Å²) in [4.78, 5) is 14.1. The van der Waals surface area contributed by atoms with Gasteiger partial charge in [-0.15, -0.1) is 12.4 Å². The summed E-state index contributed by atoms with van der Waals surface area (Å²) in [5.74, 6) is 0.144. The Hall–Kier alpha value is -0.320. The van der Waals surface area contributed by atoms with E-state index in [4.69, 9.17) is 10.5 Å². The first kappa shape index (κ1) is 13.7. The van der Waals surface area contributed by atoms with E-state index < -0.39 is 5.54 Å². The summed E-state index contributed by atoms with van der Waals surface area (Å²) >= 11 is 0. The molecule has 1 saturated heterocycles. The van der Waals surface area contributed by atoms with Crippen molar-refractivity contribution in [3.8, 4) is 0 Å². The van der Waals surface area contributed by atoms with Gasteiger partial charge in [0, 0.05) is 13.1 Å². The van der Waals surface area contributed by atoms with Gasteiger partial charge in [-0.1, -0.05) is 19.3 Å². The number of nitrogens with two attached hydrogens (primary N) is 1. The molecule has 1 aliphatic carbocycles. The van der Waals surface area contributed by atoms with Gasteiger partial charge in [0.2, 0.25) is 5.91 Å². The fourth-order valence-corrected chi connectivity index (χ4v) is 2.48. The van der Waals surface area contributed by atoms with Gasteiger partial charge in [0.1, 0.15) is 0 Å². The number of halogens is 1. The lowest BCUT2D eigenvalue weighted by atomic mass is 9.81. The Bertz CT molecular complexity index is 236. The van der Waals surface area contributed by atoms with Gasteiger partial charge in [-0.05, 0) is 12.8 Å². The average Bonchev–Trinajstić information content (AvgIpc) is 2.30. The number of rotatable bonds is 1. The lowest BCUT2D eigenvalue weighted by molar-refractivity contribution is -0.142. The van der Waals surface area contributed by atoms with E-state index in [1.54, 1.807) is 0 Å². The summed E-state index contributed by atoms with van der Waals surface area (Å²) in [6, 6.07) is 0. The highest BCUT2D eigenvalue weighted by Gasteiger charge is 2.38. The Labute approximate surface area is 103 Å². The molecule has 1 amide bonds. The van der Waals surface area contributed by atoms with Gasteiger partial charge in [0.05, 0.1) is 18.8 Å². The van der Waals surface area contributed by atoms with Crippen LogP contribution in [0.5, 0.6) is 0 Å². The molecule has 0 bridgehead atoms. The van der Waals surface area contributed by atoms with Crippen molar-refractivity contribution in [3.05, 3.63) is 0 Å². The number of amides is 1. The Morgan fingerprint density at radius 1 is 1.12 bits per heavy atom. The Morgan fingerprint density at radius 2 is 1.69 bits per heavy atom. The van der Waals surface area contributed by atoms with E-state index in [1.165, 1.54) is 6.42 Å². The van der Waals surface area contributed by atoms with Crippen LogP contribution in [0.25, 0.3) is 0 Å². The van der Waals surface area contributed by atoms with E-state index in [2.05, 4.69) is 0 Å². The molecule has 1 heterocycles. The van der Waals surface area contributed by atoms with E-state index in [9.17, 15) is 4.79 Å². The number of hydrogen-bond acceptors (Lipinski definition) is 3. The average molecular weight is 249 g/mol. The van der Waals surface area contributed by atoms with Crippen molar-refractivity contribution >= 4 is 18.3 Å². The zero-order valence-corrected chi connectivity index (χ0v) is 10.4. The van der Waals surface area contributed by atoms with Crippen LogP contribution < -0.4 is 5.73 Å². The van der Waals surface area contributed by atoms with Gasteiger partial charge in [0.15, 0.2) is 0 Å². The van der Waals surface area contributed by atoms with Crippen LogP contribution in [-0.2, 0) is 9.53 Å². The molecular formula is C11H21ClN2O2. The number of nitrogens with zero attached hydrogens (tertiary/aromatic N) is 1. The Kier molecular flexibility index (Phi) is 5.02. The van der Waals surface area contributed by atoms with Crippen molar-refractivity contribution in [2.45, 2.75) is 37.6 Å². The fraction of sp³-hybridized carbons (Fsp3) is 0.909. The summed E-state index contributed by atoms with van der Waals surface area (Å²) in [5, 5.41) is 0. The molecule has 2 aliphatic rings. The minimum Gasteiger partial charge on any atom is -0.378 e. The number of carbonyl (C=O) groups is 1. The highest BCUT2D eigenvalue weighted by atomic mass is 35.5. The summed E-state index contributed by atoms with van der Waals surface area (Å²) in [7, 11) is 0. The van der Waals surface area contributed by atoms with Crippen molar-refractivity contribution in [1.29, 1.82) is 0 Å². The molecule has 94 valence electrons. The van der Waals surface area contributed by atoms with Crippen molar-refractivity contribution in [3.63, 3.8) is 0 Å². The quantitative estimate of drug-likeness (QED) is 0.751. The zero-order valence-electron chi connectivity index (χ0n) is 9.61. The second-order valence-electron chi connectivity index (χ2n) is 4.62. The molecule has 0 spiro atoms. The molecule has 0 aromatic carbocycles. The fourth-order valence-electron chi connectivity index (χ4n) is 2.48. The molecule has 2 N–H and O–H groups in total. The lowest BCUT2D eigenvalue weighted by Gasteiger charge is -2.38. The predicted octanol–water partition coefficient (Wildman–Crippen LogP) is 0.929. The van der Waals surface area contributed by atoms with E-state index in [-0.39, 0.29) is 18.3 Å². The molecule has 2 fully saturated rings. The third kappa shape index (κ3) is 2.87. The predicted molar refractivity (Wildman–Crippen MR) is 64.7 cm³/mol. The first-order valence-corrected chi connectivity index (χ1v) is 5.88. The maximum absolute atomic E-state index is 12.2. The lowest BCUT2D eigenvalue weighted by Crippen LogP contribution is -2.58. The molecule has 5 heteroatoms. The van der Waals surface area contributed by atoms with Gasteiger partial charge >= 0.3 is 0 Å². The molecule has 0 radical (unpaired) electrons. The maximum atomic E-state index is 12.2. The van der Waals surface area contributed by atoms with Crippen molar-refractivity contribution < 1.29 is 9.53 Å². The number of morpholine rings is 1. The summed E-state index contributed by atoms with van der Waals surface area (Å²) in [6.07, 6.45) is 5.10. The van der Waals surface area contributed by atoms with Crippen LogP contribution in [0, 0.1) is 0 Å². The van der Waals surface area contributed by atoms with Crippen molar-refractivity contribution in [1.82, 2.24) is 4.90 Å². The maximum Gasteiger partial charge on any atom is 0.242 e. The molecule has 0 unspecified atom stereocenters. The second-order valence-corrected chi connectivity index (χ2v) is 4.62. The normalized spacial score (nSPS) is 24.7. The van der Waals surface area contributed by atoms with E-state index in [0.29, 0.717) is 26.3 Å². The van der Waals surface area contributed by atoms with Crippen LogP contribution in [0.4, 0.5) is 0 Å². The number of hydrogen-bond donors (Lipinski definition) is 1.